The average molecular weight is 419 g/mol. The van der Waals surface area contributed by atoms with Crippen molar-refractivity contribution in [3.63, 3.8) is 0 Å². The summed E-state index contributed by atoms with van der Waals surface area (Å²) in [6.07, 6.45) is 2.27. The van der Waals surface area contributed by atoms with Gasteiger partial charge in [0.05, 0.1) is 11.2 Å². The topological polar surface area (TPSA) is 51.1 Å². The number of amides is 1. The number of nitrogens with one attached hydrogen (secondary N) is 1. The van der Waals surface area contributed by atoms with Crippen LogP contribution in [0.15, 0.2) is 45.8 Å². The van der Waals surface area contributed by atoms with E-state index in [1.54, 1.807) is 6.07 Å². The summed E-state index contributed by atoms with van der Waals surface area (Å²) in [5.74, 6) is -2.38. The lowest BCUT2D eigenvalue weighted by atomic mass is 10.1. The Morgan fingerprint density at radius 3 is 2.77 bits per heavy atom. The normalized spacial score (nSPS) is 15.5. The zero-order chi connectivity index (χ0) is 18.6. The third-order valence-electron chi connectivity index (χ3n) is 4.58. The number of hydrogen-bond donors (Lipinski definition) is 1. The third kappa shape index (κ3) is 2.63. The SMILES string of the molecule is CC1Cc2cc(Br)cc3c(=O)c(C(=O)Nc4ccc(F)cc4F)cn1c23. The molecule has 1 aliphatic rings. The van der Waals surface area contributed by atoms with Crippen LogP contribution in [0.25, 0.3) is 10.9 Å². The van der Waals surface area contributed by atoms with Gasteiger partial charge >= 0.3 is 0 Å². The van der Waals surface area contributed by atoms with Gasteiger partial charge in [-0.2, -0.15) is 0 Å². The molecule has 0 aliphatic carbocycles. The smallest absolute Gasteiger partial charge is 0.261 e. The predicted octanol–water partition coefficient (Wildman–Crippen LogP) is 4.41. The monoisotopic (exact) mass is 418 g/mol. The highest BCUT2D eigenvalue weighted by Gasteiger charge is 2.25. The van der Waals surface area contributed by atoms with E-state index < -0.39 is 23.0 Å². The van der Waals surface area contributed by atoms with Crippen LogP contribution in [0.2, 0.25) is 0 Å². The van der Waals surface area contributed by atoms with E-state index in [0.29, 0.717) is 11.5 Å². The van der Waals surface area contributed by atoms with Crippen molar-refractivity contribution in [1.29, 1.82) is 0 Å². The van der Waals surface area contributed by atoms with Crippen LogP contribution in [0.5, 0.6) is 0 Å². The minimum Gasteiger partial charge on any atom is -0.343 e. The molecule has 0 saturated heterocycles. The van der Waals surface area contributed by atoms with Crippen molar-refractivity contribution in [2.45, 2.75) is 19.4 Å². The summed E-state index contributed by atoms with van der Waals surface area (Å²) in [5, 5.41) is 2.79. The molecule has 1 aliphatic heterocycles. The number of aromatic nitrogens is 1. The van der Waals surface area contributed by atoms with E-state index in [1.165, 1.54) is 6.20 Å². The van der Waals surface area contributed by atoms with Gasteiger partial charge in [-0.05, 0) is 43.2 Å². The molecular weight excluding hydrogens is 406 g/mol. The Morgan fingerprint density at radius 2 is 2.04 bits per heavy atom. The van der Waals surface area contributed by atoms with Gasteiger partial charge in [0.1, 0.15) is 17.2 Å². The molecule has 7 heteroatoms. The lowest BCUT2D eigenvalue weighted by Crippen LogP contribution is -2.24. The van der Waals surface area contributed by atoms with Crippen LogP contribution in [0, 0.1) is 11.6 Å². The number of rotatable bonds is 2. The molecule has 3 aromatic rings. The molecule has 2 heterocycles. The second kappa shape index (κ2) is 6.02. The second-order valence-electron chi connectivity index (χ2n) is 6.37. The van der Waals surface area contributed by atoms with Crippen molar-refractivity contribution in [3.05, 3.63) is 74.0 Å². The van der Waals surface area contributed by atoms with Gasteiger partial charge in [0.25, 0.3) is 5.91 Å². The molecule has 0 spiro atoms. The van der Waals surface area contributed by atoms with Gasteiger partial charge < -0.3 is 9.88 Å². The highest BCUT2D eigenvalue weighted by atomic mass is 79.9. The lowest BCUT2D eigenvalue weighted by molar-refractivity contribution is 0.102. The molecule has 1 unspecified atom stereocenters. The van der Waals surface area contributed by atoms with E-state index in [2.05, 4.69) is 21.2 Å². The fourth-order valence-electron chi connectivity index (χ4n) is 3.40. The van der Waals surface area contributed by atoms with Gasteiger partial charge in [-0.1, -0.05) is 15.9 Å². The molecule has 1 N–H and O–H groups in total. The summed E-state index contributed by atoms with van der Waals surface area (Å²) in [7, 11) is 0. The summed E-state index contributed by atoms with van der Waals surface area (Å²) in [5.41, 5.74) is 1.16. The van der Waals surface area contributed by atoms with Crippen LogP contribution in [-0.2, 0) is 6.42 Å². The van der Waals surface area contributed by atoms with Crippen molar-refractivity contribution >= 4 is 38.4 Å². The molecule has 1 aromatic heterocycles. The number of halogens is 3. The Morgan fingerprint density at radius 1 is 1.27 bits per heavy atom. The number of nitrogens with zero attached hydrogens (tertiary/aromatic N) is 1. The zero-order valence-electron chi connectivity index (χ0n) is 13.6. The number of hydrogen-bond acceptors (Lipinski definition) is 2. The van der Waals surface area contributed by atoms with E-state index in [-0.39, 0.29) is 17.3 Å². The Kier molecular flexibility index (Phi) is 3.91. The van der Waals surface area contributed by atoms with Gasteiger partial charge in [0.2, 0.25) is 5.43 Å². The van der Waals surface area contributed by atoms with Gasteiger partial charge in [0.15, 0.2) is 0 Å². The first-order valence-corrected chi connectivity index (χ1v) is 8.78. The molecule has 0 bridgehead atoms. The van der Waals surface area contributed by atoms with Gasteiger partial charge in [-0.15, -0.1) is 0 Å². The van der Waals surface area contributed by atoms with Crippen LogP contribution in [0.1, 0.15) is 28.9 Å². The van der Waals surface area contributed by atoms with Gasteiger partial charge in [0, 0.05) is 28.2 Å². The molecule has 132 valence electrons. The van der Waals surface area contributed by atoms with Crippen LogP contribution in [0.4, 0.5) is 14.5 Å². The molecule has 0 saturated carbocycles. The quantitative estimate of drug-likeness (QED) is 0.669. The number of pyridine rings is 1. The number of carbonyl (C=O) groups excluding carboxylic acids is 1. The van der Waals surface area contributed by atoms with Crippen molar-refractivity contribution < 1.29 is 13.6 Å². The van der Waals surface area contributed by atoms with Crippen LogP contribution in [0.3, 0.4) is 0 Å². The zero-order valence-corrected chi connectivity index (χ0v) is 15.2. The molecule has 0 fully saturated rings. The minimum absolute atomic E-state index is 0.0842. The Labute approximate surface area is 155 Å². The minimum atomic E-state index is -0.901. The Bertz CT molecular complexity index is 1140. The summed E-state index contributed by atoms with van der Waals surface area (Å²) >= 11 is 3.40. The van der Waals surface area contributed by atoms with Gasteiger partial charge in [-0.25, -0.2) is 8.78 Å². The molecule has 0 radical (unpaired) electrons. The first-order chi connectivity index (χ1) is 12.3. The summed E-state index contributed by atoms with van der Waals surface area (Å²) in [4.78, 5) is 25.4. The van der Waals surface area contributed by atoms with E-state index in [0.717, 1.165) is 34.1 Å². The van der Waals surface area contributed by atoms with Crippen LogP contribution >= 0.6 is 15.9 Å². The van der Waals surface area contributed by atoms with Crippen molar-refractivity contribution in [1.82, 2.24) is 4.57 Å². The summed E-state index contributed by atoms with van der Waals surface area (Å²) in [6.45, 7) is 2.00. The molecule has 4 rings (SSSR count). The van der Waals surface area contributed by atoms with E-state index >= 15 is 0 Å². The van der Waals surface area contributed by atoms with Crippen LogP contribution in [-0.4, -0.2) is 10.5 Å². The second-order valence-corrected chi connectivity index (χ2v) is 7.29. The highest BCUT2D eigenvalue weighted by Crippen LogP contribution is 2.33. The molecule has 1 atom stereocenters. The van der Waals surface area contributed by atoms with Crippen LogP contribution < -0.4 is 10.7 Å². The summed E-state index contributed by atoms with van der Waals surface area (Å²) in [6, 6.07) is 6.58. The molecule has 4 nitrogen and oxygen atoms in total. The number of benzene rings is 2. The Balaban J connectivity index is 1.84. The largest absolute Gasteiger partial charge is 0.343 e. The maximum Gasteiger partial charge on any atom is 0.261 e. The van der Waals surface area contributed by atoms with E-state index in [9.17, 15) is 18.4 Å². The maximum atomic E-state index is 13.8. The van der Waals surface area contributed by atoms with E-state index in [1.807, 2.05) is 17.6 Å². The lowest BCUT2D eigenvalue weighted by Gasteiger charge is -2.13. The number of anilines is 1. The van der Waals surface area contributed by atoms with E-state index in [4.69, 9.17) is 0 Å². The standard InChI is InChI=1S/C19H13BrF2N2O2/c1-9-4-10-5-11(20)6-13-17(10)24(9)8-14(18(13)25)19(26)23-16-3-2-12(21)7-15(16)22/h2-3,5-9H,4H2,1H3,(H,23,26). The van der Waals surface area contributed by atoms with Gasteiger partial charge in [-0.3, -0.25) is 9.59 Å². The predicted molar refractivity (Wildman–Crippen MR) is 98.6 cm³/mol. The fourth-order valence-corrected chi connectivity index (χ4v) is 3.91. The summed E-state index contributed by atoms with van der Waals surface area (Å²) < 4.78 is 29.5. The average Bonchev–Trinajstić information content (AvgIpc) is 2.88. The highest BCUT2D eigenvalue weighted by molar-refractivity contribution is 9.10. The fraction of sp³-hybridized carbons (Fsp3) is 0.158. The third-order valence-corrected chi connectivity index (χ3v) is 5.04. The maximum absolute atomic E-state index is 13.8. The van der Waals surface area contributed by atoms with Crippen molar-refractivity contribution in [3.8, 4) is 0 Å². The first kappa shape index (κ1) is 16.9. The van der Waals surface area contributed by atoms with Crippen molar-refractivity contribution in [2.24, 2.45) is 0 Å². The molecule has 26 heavy (non-hydrogen) atoms. The molecule has 1 amide bonds. The molecular formula is C19H13BrF2N2O2. The first-order valence-electron chi connectivity index (χ1n) is 7.99. The number of carbonyl (C=O) groups is 1. The molecule has 2 aromatic carbocycles. The Hall–Kier alpha value is -2.54. The van der Waals surface area contributed by atoms with Crippen molar-refractivity contribution in [2.75, 3.05) is 5.32 Å².